The number of halogens is 1. The smallest absolute Gasteiger partial charge is 0.257 e. The molecule has 1 aliphatic heterocycles. The van der Waals surface area contributed by atoms with Gasteiger partial charge in [-0.15, -0.1) is 0 Å². The largest absolute Gasteiger partial charge is 0.496 e. The van der Waals surface area contributed by atoms with Gasteiger partial charge in [-0.05, 0) is 36.2 Å². The molecule has 0 unspecified atom stereocenters. The summed E-state index contributed by atoms with van der Waals surface area (Å²) >= 11 is 0. The molecule has 25 heavy (non-hydrogen) atoms. The first-order valence-electron chi connectivity index (χ1n) is 8.56. The zero-order valence-electron chi connectivity index (χ0n) is 14.5. The Kier molecular flexibility index (Phi) is 5.66. The zero-order chi connectivity index (χ0) is 17.6. The highest BCUT2D eigenvalue weighted by Crippen LogP contribution is 2.20. The first-order valence-corrected chi connectivity index (χ1v) is 8.56. The molecule has 0 bridgehead atoms. The summed E-state index contributed by atoms with van der Waals surface area (Å²) in [7, 11) is 1.58. The Morgan fingerprint density at radius 1 is 1.04 bits per heavy atom. The number of hydrogen-bond donors (Lipinski definition) is 0. The maximum Gasteiger partial charge on any atom is 0.257 e. The van der Waals surface area contributed by atoms with Crippen LogP contribution in [0.3, 0.4) is 0 Å². The second-order valence-corrected chi connectivity index (χ2v) is 6.21. The van der Waals surface area contributed by atoms with Crippen molar-refractivity contribution >= 4 is 5.91 Å². The second-order valence-electron chi connectivity index (χ2n) is 6.21. The number of para-hydroxylation sites is 1. The van der Waals surface area contributed by atoms with Crippen LogP contribution >= 0.6 is 0 Å². The number of carbonyl (C=O) groups excluding carboxylic acids is 1. The summed E-state index contributed by atoms with van der Waals surface area (Å²) < 4.78 is 18.2. The molecule has 1 saturated heterocycles. The van der Waals surface area contributed by atoms with Gasteiger partial charge in [-0.25, -0.2) is 4.39 Å². The van der Waals surface area contributed by atoms with Gasteiger partial charge in [0.2, 0.25) is 0 Å². The maximum atomic E-state index is 12.9. The van der Waals surface area contributed by atoms with Crippen molar-refractivity contribution in [3.63, 3.8) is 0 Å². The van der Waals surface area contributed by atoms with Crippen LogP contribution in [0.4, 0.5) is 4.39 Å². The molecule has 1 aliphatic rings. The van der Waals surface area contributed by atoms with E-state index in [0.29, 0.717) is 24.4 Å². The molecular weight excluding hydrogens is 319 g/mol. The molecule has 4 nitrogen and oxygen atoms in total. The van der Waals surface area contributed by atoms with E-state index in [2.05, 4.69) is 4.90 Å². The third-order valence-corrected chi connectivity index (χ3v) is 4.63. The number of rotatable bonds is 5. The van der Waals surface area contributed by atoms with Crippen LogP contribution in [0.2, 0.25) is 0 Å². The molecule has 132 valence electrons. The highest BCUT2D eigenvalue weighted by atomic mass is 19.1. The number of methoxy groups -OCH3 is 1. The van der Waals surface area contributed by atoms with Crippen molar-refractivity contribution < 1.29 is 13.9 Å². The molecule has 0 aromatic heterocycles. The average Bonchev–Trinajstić information content (AvgIpc) is 2.67. The van der Waals surface area contributed by atoms with E-state index in [-0.39, 0.29) is 11.7 Å². The Bertz CT molecular complexity index is 710. The Labute approximate surface area is 147 Å². The van der Waals surface area contributed by atoms with E-state index >= 15 is 0 Å². The van der Waals surface area contributed by atoms with Crippen LogP contribution in [0.5, 0.6) is 5.75 Å². The monoisotopic (exact) mass is 342 g/mol. The molecule has 5 heteroatoms. The van der Waals surface area contributed by atoms with Gasteiger partial charge in [0.25, 0.3) is 5.91 Å². The minimum absolute atomic E-state index is 0.0237. The molecule has 0 radical (unpaired) electrons. The number of benzene rings is 2. The van der Waals surface area contributed by atoms with Gasteiger partial charge in [-0.2, -0.15) is 0 Å². The molecule has 0 spiro atoms. The molecule has 2 aromatic rings. The standard InChI is InChI=1S/C20H23FN2O2/c1-25-19-5-3-2-4-18(19)20(24)23-14-12-22(13-15-23)11-10-16-6-8-17(21)9-7-16/h2-9H,10-15H2,1H3. The minimum Gasteiger partial charge on any atom is -0.496 e. The Morgan fingerprint density at radius 3 is 2.40 bits per heavy atom. The van der Waals surface area contributed by atoms with Crippen molar-refractivity contribution in [1.82, 2.24) is 9.80 Å². The van der Waals surface area contributed by atoms with Crippen LogP contribution in [0.1, 0.15) is 15.9 Å². The molecule has 2 aromatic carbocycles. The molecule has 0 aliphatic carbocycles. The molecular formula is C20H23FN2O2. The fourth-order valence-corrected chi connectivity index (χ4v) is 3.10. The predicted octanol–water partition coefficient (Wildman–Crippen LogP) is 2.83. The first kappa shape index (κ1) is 17.4. The average molecular weight is 342 g/mol. The van der Waals surface area contributed by atoms with Crippen LogP contribution in [-0.4, -0.2) is 55.5 Å². The van der Waals surface area contributed by atoms with Crippen molar-refractivity contribution in [1.29, 1.82) is 0 Å². The van der Waals surface area contributed by atoms with Crippen molar-refractivity contribution in [3.05, 3.63) is 65.5 Å². The zero-order valence-corrected chi connectivity index (χ0v) is 14.5. The summed E-state index contributed by atoms with van der Waals surface area (Å²) in [5.74, 6) is 0.439. The van der Waals surface area contributed by atoms with E-state index in [1.165, 1.54) is 12.1 Å². The van der Waals surface area contributed by atoms with E-state index in [1.807, 2.05) is 41.3 Å². The number of nitrogens with zero attached hydrogens (tertiary/aromatic N) is 2. The number of ether oxygens (including phenoxy) is 1. The van der Waals surface area contributed by atoms with E-state index in [1.54, 1.807) is 7.11 Å². The quantitative estimate of drug-likeness (QED) is 0.838. The summed E-state index contributed by atoms with van der Waals surface area (Å²) in [5, 5.41) is 0. The van der Waals surface area contributed by atoms with Crippen molar-refractivity contribution in [2.45, 2.75) is 6.42 Å². The third kappa shape index (κ3) is 4.37. The van der Waals surface area contributed by atoms with Crippen LogP contribution in [-0.2, 0) is 6.42 Å². The molecule has 1 heterocycles. The number of hydrogen-bond acceptors (Lipinski definition) is 3. The topological polar surface area (TPSA) is 32.8 Å². The van der Waals surface area contributed by atoms with Gasteiger partial charge in [0.15, 0.2) is 0 Å². The van der Waals surface area contributed by atoms with Crippen LogP contribution < -0.4 is 4.74 Å². The molecule has 0 atom stereocenters. The second kappa shape index (κ2) is 8.12. The fourth-order valence-electron chi connectivity index (χ4n) is 3.10. The van der Waals surface area contributed by atoms with Crippen molar-refractivity contribution in [3.8, 4) is 5.75 Å². The van der Waals surface area contributed by atoms with Crippen LogP contribution in [0.15, 0.2) is 48.5 Å². The molecule has 3 rings (SSSR count). The Hall–Kier alpha value is -2.40. The molecule has 1 amide bonds. The van der Waals surface area contributed by atoms with Crippen molar-refractivity contribution in [2.24, 2.45) is 0 Å². The predicted molar refractivity (Wildman–Crippen MR) is 95.4 cm³/mol. The third-order valence-electron chi connectivity index (χ3n) is 4.63. The molecule has 0 N–H and O–H groups in total. The van der Waals surface area contributed by atoms with Crippen LogP contribution in [0, 0.1) is 5.82 Å². The van der Waals surface area contributed by atoms with E-state index in [4.69, 9.17) is 4.74 Å². The van der Waals surface area contributed by atoms with Gasteiger partial charge >= 0.3 is 0 Å². The van der Waals surface area contributed by atoms with Gasteiger partial charge in [0, 0.05) is 32.7 Å². The van der Waals surface area contributed by atoms with Crippen molar-refractivity contribution in [2.75, 3.05) is 39.8 Å². The first-order chi connectivity index (χ1) is 12.2. The number of piperazine rings is 1. The van der Waals surface area contributed by atoms with Gasteiger partial charge < -0.3 is 9.64 Å². The number of amides is 1. The summed E-state index contributed by atoms with van der Waals surface area (Å²) in [6.07, 6.45) is 0.890. The van der Waals surface area contributed by atoms with E-state index in [9.17, 15) is 9.18 Å². The van der Waals surface area contributed by atoms with E-state index in [0.717, 1.165) is 31.6 Å². The maximum absolute atomic E-state index is 12.9. The van der Waals surface area contributed by atoms with Crippen LogP contribution in [0.25, 0.3) is 0 Å². The molecule has 0 saturated carbocycles. The highest BCUT2D eigenvalue weighted by molar-refractivity contribution is 5.97. The van der Waals surface area contributed by atoms with Gasteiger partial charge in [0.05, 0.1) is 12.7 Å². The lowest BCUT2D eigenvalue weighted by Gasteiger charge is -2.35. The van der Waals surface area contributed by atoms with Gasteiger partial charge in [-0.3, -0.25) is 9.69 Å². The summed E-state index contributed by atoms with van der Waals surface area (Å²) in [6.45, 7) is 4.03. The highest BCUT2D eigenvalue weighted by Gasteiger charge is 2.23. The van der Waals surface area contributed by atoms with E-state index < -0.39 is 0 Å². The van der Waals surface area contributed by atoms with Gasteiger partial charge in [0.1, 0.15) is 11.6 Å². The lowest BCUT2D eigenvalue weighted by atomic mass is 10.1. The van der Waals surface area contributed by atoms with Gasteiger partial charge in [-0.1, -0.05) is 24.3 Å². The fraction of sp³-hybridized carbons (Fsp3) is 0.350. The SMILES string of the molecule is COc1ccccc1C(=O)N1CCN(CCc2ccc(F)cc2)CC1. The minimum atomic E-state index is -0.202. The Balaban J connectivity index is 1.51. The summed E-state index contributed by atoms with van der Waals surface area (Å²) in [5.41, 5.74) is 1.75. The Morgan fingerprint density at radius 2 is 1.72 bits per heavy atom. The lowest BCUT2D eigenvalue weighted by molar-refractivity contribution is 0.0635. The normalized spacial score (nSPS) is 15.2. The lowest BCUT2D eigenvalue weighted by Crippen LogP contribution is -2.49. The molecule has 1 fully saturated rings. The number of carbonyl (C=O) groups is 1. The summed E-state index contributed by atoms with van der Waals surface area (Å²) in [6, 6.07) is 14.0. The summed E-state index contributed by atoms with van der Waals surface area (Å²) in [4.78, 5) is 16.9.